The molecule has 15 heavy (non-hydrogen) atoms. The number of H-pyrrole nitrogens is 1. The standard InChI is InChI=1S/C11H17N3O/c1-2-3-11(4-5-11)8-12-10(15)9-6-13-14-7-9/h6-7H,2-5,8H2,1H3,(H,12,15)(H,13,14). The van der Waals surface area contributed by atoms with Crippen molar-refractivity contribution in [1.82, 2.24) is 15.5 Å². The average Bonchev–Trinajstić information content (AvgIpc) is 2.81. The average molecular weight is 207 g/mol. The van der Waals surface area contributed by atoms with E-state index in [1.807, 2.05) is 0 Å². The first-order valence-electron chi connectivity index (χ1n) is 5.53. The molecule has 0 aliphatic heterocycles. The normalized spacial score (nSPS) is 17.4. The zero-order chi connectivity index (χ0) is 10.7. The first-order valence-corrected chi connectivity index (χ1v) is 5.53. The van der Waals surface area contributed by atoms with Crippen LogP contribution in [0.15, 0.2) is 12.4 Å². The number of hydrogen-bond acceptors (Lipinski definition) is 2. The van der Waals surface area contributed by atoms with Gasteiger partial charge >= 0.3 is 0 Å². The van der Waals surface area contributed by atoms with Gasteiger partial charge in [0.2, 0.25) is 0 Å². The number of aromatic nitrogens is 2. The van der Waals surface area contributed by atoms with Gasteiger partial charge in [-0.2, -0.15) is 5.10 Å². The van der Waals surface area contributed by atoms with Crippen molar-refractivity contribution in [1.29, 1.82) is 0 Å². The van der Waals surface area contributed by atoms with E-state index < -0.39 is 0 Å². The van der Waals surface area contributed by atoms with Crippen LogP contribution in [0, 0.1) is 5.41 Å². The fourth-order valence-electron chi connectivity index (χ4n) is 1.97. The second-order valence-corrected chi connectivity index (χ2v) is 4.42. The summed E-state index contributed by atoms with van der Waals surface area (Å²) in [6, 6.07) is 0. The van der Waals surface area contributed by atoms with Gasteiger partial charge in [-0.25, -0.2) is 0 Å². The molecule has 0 spiro atoms. The molecular weight excluding hydrogens is 190 g/mol. The Morgan fingerprint density at radius 2 is 2.47 bits per heavy atom. The first kappa shape index (κ1) is 10.2. The Bertz CT molecular complexity index is 328. The minimum atomic E-state index is -0.0221. The van der Waals surface area contributed by atoms with Crippen LogP contribution in [-0.4, -0.2) is 22.6 Å². The quantitative estimate of drug-likeness (QED) is 0.772. The van der Waals surface area contributed by atoms with Crippen molar-refractivity contribution in [3.63, 3.8) is 0 Å². The number of carbonyl (C=O) groups excluding carboxylic acids is 1. The van der Waals surface area contributed by atoms with E-state index in [0.717, 1.165) is 6.54 Å². The Labute approximate surface area is 89.5 Å². The SMILES string of the molecule is CCCC1(CNC(=O)c2cn[nH]c2)CC1. The summed E-state index contributed by atoms with van der Waals surface area (Å²) in [6.07, 6.45) is 8.10. The van der Waals surface area contributed by atoms with Crippen LogP contribution in [-0.2, 0) is 0 Å². The Hall–Kier alpha value is -1.32. The van der Waals surface area contributed by atoms with Gasteiger partial charge in [0.25, 0.3) is 5.91 Å². The van der Waals surface area contributed by atoms with Crippen LogP contribution in [0.1, 0.15) is 43.0 Å². The minimum absolute atomic E-state index is 0.0221. The van der Waals surface area contributed by atoms with E-state index in [1.165, 1.54) is 25.7 Å². The summed E-state index contributed by atoms with van der Waals surface area (Å²) < 4.78 is 0. The van der Waals surface area contributed by atoms with Gasteiger partial charge in [-0.05, 0) is 24.7 Å². The van der Waals surface area contributed by atoms with Gasteiger partial charge in [0.1, 0.15) is 0 Å². The lowest BCUT2D eigenvalue weighted by molar-refractivity contribution is 0.0944. The molecule has 1 aromatic rings. The molecule has 2 rings (SSSR count). The maximum absolute atomic E-state index is 11.6. The molecule has 0 bridgehead atoms. The fraction of sp³-hybridized carbons (Fsp3) is 0.636. The predicted molar refractivity (Wildman–Crippen MR) is 57.5 cm³/mol. The van der Waals surface area contributed by atoms with Crippen LogP contribution in [0.3, 0.4) is 0 Å². The molecule has 82 valence electrons. The summed E-state index contributed by atoms with van der Waals surface area (Å²) in [5.74, 6) is -0.0221. The molecule has 1 saturated carbocycles. The molecule has 0 atom stereocenters. The molecule has 0 saturated heterocycles. The Morgan fingerprint density at radius 3 is 3.00 bits per heavy atom. The largest absolute Gasteiger partial charge is 0.351 e. The van der Waals surface area contributed by atoms with Crippen molar-refractivity contribution in [2.75, 3.05) is 6.54 Å². The number of carbonyl (C=O) groups is 1. The topological polar surface area (TPSA) is 57.8 Å². The Balaban J connectivity index is 1.81. The molecule has 1 amide bonds. The number of rotatable bonds is 5. The van der Waals surface area contributed by atoms with Crippen LogP contribution in [0.25, 0.3) is 0 Å². The molecule has 1 aliphatic rings. The van der Waals surface area contributed by atoms with Gasteiger partial charge in [0, 0.05) is 12.7 Å². The van der Waals surface area contributed by atoms with Crippen LogP contribution in [0.2, 0.25) is 0 Å². The molecule has 0 unspecified atom stereocenters. The highest BCUT2D eigenvalue weighted by Crippen LogP contribution is 2.48. The van der Waals surface area contributed by atoms with E-state index in [2.05, 4.69) is 22.4 Å². The summed E-state index contributed by atoms with van der Waals surface area (Å²) in [6.45, 7) is 3.00. The lowest BCUT2D eigenvalue weighted by Gasteiger charge is -2.14. The van der Waals surface area contributed by atoms with Crippen LogP contribution in [0.5, 0.6) is 0 Å². The van der Waals surface area contributed by atoms with E-state index in [1.54, 1.807) is 12.4 Å². The minimum Gasteiger partial charge on any atom is -0.351 e. The zero-order valence-corrected chi connectivity index (χ0v) is 9.05. The van der Waals surface area contributed by atoms with Crippen molar-refractivity contribution >= 4 is 5.91 Å². The molecule has 4 heteroatoms. The molecular formula is C11H17N3O. The lowest BCUT2D eigenvalue weighted by atomic mass is 10.0. The second kappa shape index (κ2) is 4.04. The van der Waals surface area contributed by atoms with Crippen LogP contribution in [0.4, 0.5) is 0 Å². The summed E-state index contributed by atoms with van der Waals surface area (Å²) in [5.41, 5.74) is 1.02. The van der Waals surface area contributed by atoms with E-state index >= 15 is 0 Å². The predicted octanol–water partition coefficient (Wildman–Crippen LogP) is 1.72. The third-order valence-electron chi connectivity index (χ3n) is 3.12. The highest BCUT2D eigenvalue weighted by molar-refractivity contribution is 5.93. The van der Waals surface area contributed by atoms with Gasteiger partial charge in [0.05, 0.1) is 11.8 Å². The van der Waals surface area contributed by atoms with Crippen LogP contribution < -0.4 is 5.32 Å². The molecule has 1 fully saturated rings. The smallest absolute Gasteiger partial charge is 0.254 e. The molecule has 0 radical (unpaired) electrons. The Kier molecular flexibility index (Phi) is 2.75. The number of nitrogens with zero attached hydrogens (tertiary/aromatic N) is 1. The summed E-state index contributed by atoms with van der Waals surface area (Å²) in [4.78, 5) is 11.6. The summed E-state index contributed by atoms with van der Waals surface area (Å²) in [7, 11) is 0. The number of hydrogen-bond donors (Lipinski definition) is 2. The van der Waals surface area contributed by atoms with E-state index in [9.17, 15) is 4.79 Å². The molecule has 1 aliphatic carbocycles. The maximum Gasteiger partial charge on any atom is 0.254 e. The zero-order valence-electron chi connectivity index (χ0n) is 9.05. The number of nitrogens with one attached hydrogen (secondary N) is 2. The third kappa shape index (κ3) is 2.37. The van der Waals surface area contributed by atoms with E-state index in [4.69, 9.17) is 0 Å². The molecule has 1 heterocycles. The molecule has 2 N–H and O–H groups in total. The van der Waals surface area contributed by atoms with Gasteiger partial charge in [-0.1, -0.05) is 13.3 Å². The highest BCUT2D eigenvalue weighted by Gasteiger charge is 2.41. The van der Waals surface area contributed by atoms with Crippen molar-refractivity contribution < 1.29 is 4.79 Å². The maximum atomic E-state index is 11.6. The highest BCUT2D eigenvalue weighted by atomic mass is 16.1. The van der Waals surface area contributed by atoms with Crippen molar-refractivity contribution in [2.45, 2.75) is 32.6 Å². The Morgan fingerprint density at radius 1 is 1.67 bits per heavy atom. The molecule has 0 aromatic carbocycles. The lowest BCUT2D eigenvalue weighted by Crippen LogP contribution is -2.29. The van der Waals surface area contributed by atoms with Crippen molar-refractivity contribution in [3.05, 3.63) is 18.0 Å². The van der Waals surface area contributed by atoms with Gasteiger partial charge < -0.3 is 5.32 Å². The summed E-state index contributed by atoms with van der Waals surface area (Å²) >= 11 is 0. The number of aromatic amines is 1. The monoisotopic (exact) mass is 207 g/mol. The first-order chi connectivity index (χ1) is 7.26. The molecule has 1 aromatic heterocycles. The van der Waals surface area contributed by atoms with Gasteiger partial charge in [-0.15, -0.1) is 0 Å². The number of amides is 1. The second-order valence-electron chi connectivity index (χ2n) is 4.42. The van der Waals surface area contributed by atoms with Gasteiger partial charge in [-0.3, -0.25) is 9.89 Å². The van der Waals surface area contributed by atoms with Crippen molar-refractivity contribution in [2.24, 2.45) is 5.41 Å². The van der Waals surface area contributed by atoms with Crippen LogP contribution >= 0.6 is 0 Å². The molecule has 4 nitrogen and oxygen atoms in total. The van der Waals surface area contributed by atoms with Gasteiger partial charge in [0.15, 0.2) is 0 Å². The van der Waals surface area contributed by atoms with E-state index in [0.29, 0.717) is 11.0 Å². The summed E-state index contributed by atoms with van der Waals surface area (Å²) in [5, 5.41) is 9.37. The fourth-order valence-corrected chi connectivity index (χ4v) is 1.97. The third-order valence-corrected chi connectivity index (χ3v) is 3.12. The van der Waals surface area contributed by atoms with Crippen molar-refractivity contribution in [3.8, 4) is 0 Å². The van der Waals surface area contributed by atoms with E-state index in [-0.39, 0.29) is 5.91 Å².